The van der Waals surface area contributed by atoms with Gasteiger partial charge < -0.3 is 19.3 Å². The fourth-order valence-electron chi connectivity index (χ4n) is 5.38. The van der Waals surface area contributed by atoms with Crippen molar-refractivity contribution in [3.63, 3.8) is 0 Å². The molecule has 2 aromatic carbocycles. The number of aromatic carboxylic acids is 1. The van der Waals surface area contributed by atoms with Crippen LogP contribution in [0.25, 0.3) is 10.9 Å². The van der Waals surface area contributed by atoms with Gasteiger partial charge in [0.05, 0.1) is 12.2 Å². The van der Waals surface area contributed by atoms with Crippen molar-refractivity contribution >= 4 is 16.9 Å². The second kappa shape index (κ2) is 8.99. The zero-order valence-corrected chi connectivity index (χ0v) is 18.8. The van der Waals surface area contributed by atoms with Crippen LogP contribution in [0.15, 0.2) is 48.5 Å². The van der Waals surface area contributed by atoms with Crippen LogP contribution in [0.4, 0.5) is 0 Å². The number of carboxylic acids is 1. The van der Waals surface area contributed by atoms with E-state index >= 15 is 0 Å². The van der Waals surface area contributed by atoms with E-state index in [-0.39, 0.29) is 5.56 Å². The average Bonchev–Trinajstić information content (AvgIpc) is 3.60. The van der Waals surface area contributed by atoms with E-state index < -0.39 is 5.97 Å². The Kier molecular flexibility index (Phi) is 5.92. The lowest BCUT2D eigenvalue weighted by Crippen LogP contribution is -2.34. The number of benzene rings is 2. The van der Waals surface area contributed by atoms with E-state index in [0.29, 0.717) is 24.3 Å². The summed E-state index contributed by atoms with van der Waals surface area (Å²) < 4.78 is 8.39. The minimum absolute atomic E-state index is 0.267. The van der Waals surface area contributed by atoms with Crippen LogP contribution in [-0.4, -0.2) is 46.8 Å². The number of hydrogen-bond acceptors (Lipinski definition) is 3. The van der Waals surface area contributed by atoms with E-state index in [1.54, 1.807) is 23.8 Å². The predicted molar refractivity (Wildman–Crippen MR) is 127 cm³/mol. The van der Waals surface area contributed by atoms with Crippen molar-refractivity contribution < 1.29 is 14.6 Å². The SMILES string of the molecule is Cc1c(C2CCN(CCCOc3cccc(C(=O)O)c3)CC2)c2ccccc2n1C1CC1. The highest BCUT2D eigenvalue weighted by atomic mass is 16.5. The molecule has 32 heavy (non-hydrogen) atoms. The minimum Gasteiger partial charge on any atom is -0.494 e. The molecule has 1 aliphatic carbocycles. The summed E-state index contributed by atoms with van der Waals surface area (Å²) in [7, 11) is 0. The van der Waals surface area contributed by atoms with Crippen LogP contribution in [0.5, 0.6) is 5.75 Å². The van der Waals surface area contributed by atoms with Crippen LogP contribution < -0.4 is 4.74 Å². The molecule has 1 aromatic heterocycles. The molecule has 1 saturated carbocycles. The Hall–Kier alpha value is -2.79. The highest BCUT2D eigenvalue weighted by Crippen LogP contribution is 2.44. The van der Waals surface area contributed by atoms with Crippen LogP contribution in [0, 0.1) is 6.92 Å². The third-order valence-electron chi connectivity index (χ3n) is 7.08. The Morgan fingerprint density at radius 1 is 1.06 bits per heavy atom. The smallest absolute Gasteiger partial charge is 0.335 e. The topological polar surface area (TPSA) is 54.7 Å². The van der Waals surface area contributed by atoms with Crippen LogP contribution >= 0.6 is 0 Å². The van der Waals surface area contributed by atoms with E-state index in [1.165, 1.54) is 42.3 Å². The molecule has 0 atom stereocenters. The Bertz CT molecular complexity index is 1110. The molecule has 1 aliphatic heterocycles. The first-order valence-corrected chi connectivity index (χ1v) is 11.9. The van der Waals surface area contributed by atoms with Gasteiger partial charge in [0, 0.05) is 29.2 Å². The maximum atomic E-state index is 11.1. The van der Waals surface area contributed by atoms with Crippen molar-refractivity contribution in [3.8, 4) is 5.75 Å². The van der Waals surface area contributed by atoms with Crippen LogP contribution in [0.3, 0.4) is 0 Å². The number of nitrogens with zero attached hydrogens (tertiary/aromatic N) is 2. The maximum absolute atomic E-state index is 11.1. The molecule has 168 valence electrons. The molecule has 5 rings (SSSR count). The summed E-state index contributed by atoms with van der Waals surface area (Å²) in [5.41, 5.74) is 4.77. The summed E-state index contributed by atoms with van der Waals surface area (Å²) in [5.74, 6) is 0.353. The fourth-order valence-corrected chi connectivity index (χ4v) is 5.38. The Morgan fingerprint density at radius 2 is 1.84 bits per heavy atom. The first kappa shape index (κ1) is 21.1. The second-order valence-corrected chi connectivity index (χ2v) is 9.27. The Labute approximate surface area is 189 Å². The van der Waals surface area contributed by atoms with E-state index in [0.717, 1.165) is 26.1 Å². The standard InChI is InChI=1S/C27H32N2O3/c1-19-26(24-8-2-3-9-25(24)29(19)22-10-11-22)20-12-15-28(16-13-20)14-5-17-32-23-7-4-6-21(18-23)27(30)31/h2-4,6-9,18,20,22H,5,10-17H2,1H3,(H,30,31). The third kappa shape index (κ3) is 4.26. The maximum Gasteiger partial charge on any atom is 0.335 e. The van der Waals surface area contributed by atoms with Crippen LogP contribution in [0.2, 0.25) is 0 Å². The Morgan fingerprint density at radius 3 is 2.59 bits per heavy atom. The zero-order chi connectivity index (χ0) is 22.1. The van der Waals surface area contributed by atoms with Gasteiger partial charge in [-0.3, -0.25) is 0 Å². The molecule has 0 unspecified atom stereocenters. The molecule has 1 saturated heterocycles. The minimum atomic E-state index is -0.922. The molecule has 0 bridgehead atoms. The number of para-hydroxylation sites is 1. The predicted octanol–water partition coefficient (Wildman–Crippen LogP) is 5.63. The first-order valence-electron chi connectivity index (χ1n) is 11.9. The van der Waals surface area contributed by atoms with Gasteiger partial charge in [-0.2, -0.15) is 0 Å². The lowest BCUT2D eigenvalue weighted by atomic mass is 9.87. The third-order valence-corrected chi connectivity index (χ3v) is 7.08. The van der Waals surface area contributed by atoms with Gasteiger partial charge in [-0.1, -0.05) is 24.3 Å². The number of carboxylic acid groups (broad SMARTS) is 1. The molecule has 1 N–H and O–H groups in total. The summed E-state index contributed by atoms with van der Waals surface area (Å²) in [4.78, 5) is 13.6. The van der Waals surface area contributed by atoms with Gasteiger partial charge in [0.1, 0.15) is 5.75 Å². The van der Waals surface area contributed by atoms with Crippen LogP contribution in [-0.2, 0) is 0 Å². The number of likely N-dealkylation sites (tertiary alicyclic amines) is 1. The molecule has 0 amide bonds. The normalized spacial score (nSPS) is 17.7. The highest BCUT2D eigenvalue weighted by molar-refractivity contribution is 5.88. The molecule has 2 aliphatic rings. The fraction of sp³-hybridized carbons (Fsp3) is 0.444. The molecule has 0 radical (unpaired) electrons. The summed E-state index contributed by atoms with van der Waals surface area (Å²) >= 11 is 0. The molecular weight excluding hydrogens is 400 g/mol. The number of piperidine rings is 1. The monoisotopic (exact) mass is 432 g/mol. The van der Waals surface area contributed by atoms with Gasteiger partial charge in [0.25, 0.3) is 0 Å². The van der Waals surface area contributed by atoms with Crippen LogP contribution in [0.1, 0.15) is 65.7 Å². The van der Waals surface area contributed by atoms with Gasteiger partial charge >= 0.3 is 5.97 Å². The van der Waals surface area contributed by atoms with Gasteiger partial charge in [0.15, 0.2) is 0 Å². The average molecular weight is 433 g/mol. The Balaban J connectivity index is 1.15. The first-order chi connectivity index (χ1) is 15.6. The number of fused-ring (bicyclic) bond motifs is 1. The van der Waals surface area contributed by atoms with Gasteiger partial charge in [-0.05, 0) is 87.9 Å². The van der Waals surface area contributed by atoms with Crippen molar-refractivity contribution in [2.24, 2.45) is 0 Å². The highest BCUT2D eigenvalue weighted by Gasteiger charge is 2.31. The van der Waals surface area contributed by atoms with E-state index in [4.69, 9.17) is 9.84 Å². The van der Waals surface area contributed by atoms with Crippen molar-refractivity contribution in [2.45, 2.75) is 51.0 Å². The molecule has 5 nitrogen and oxygen atoms in total. The number of hydrogen-bond donors (Lipinski definition) is 1. The summed E-state index contributed by atoms with van der Waals surface area (Å²) in [6.45, 7) is 6.21. The summed E-state index contributed by atoms with van der Waals surface area (Å²) in [6, 6.07) is 16.4. The van der Waals surface area contributed by atoms with E-state index in [2.05, 4.69) is 40.7 Å². The zero-order valence-electron chi connectivity index (χ0n) is 18.8. The molecule has 2 fully saturated rings. The molecular formula is C27H32N2O3. The van der Waals surface area contributed by atoms with Gasteiger partial charge in [-0.25, -0.2) is 4.79 Å². The van der Waals surface area contributed by atoms with E-state index in [1.807, 2.05) is 6.07 Å². The molecule has 3 aromatic rings. The van der Waals surface area contributed by atoms with Gasteiger partial charge in [-0.15, -0.1) is 0 Å². The number of aromatic nitrogens is 1. The number of ether oxygens (including phenoxy) is 1. The van der Waals surface area contributed by atoms with Crippen molar-refractivity contribution in [1.82, 2.24) is 9.47 Å². The lowest BCUT2D eigenvalue weighted by Gasteiger charge is -2.32. The lowest BCUT2D eigenvalue weighted by molar-refractivity contribution is 0.0696. The number of rotatable bonds is 8. The van der Waals surface area contributed by atoms with Crippen molar-refractivity contribution in [2.75, 3.05) is 26.2 Å². The number of carbonyl (C=O) groups is 1. The molecule has 5 heteroatoms. The summed E-state index contributed by atoms with van der Waals surface area (Å²) in [5, 5.41) is 10.6. The van der Waals surface area contributed by atoms with Crippen molar-refractivity contribution in [1.29, 1.82) is 0 Å². The molecule has 2 heterocycles. The quantitative estimate of drug-likeness (QED) is 0.469. The summed E-state index contributed by atoms with van der Waals surface area (Å²) in [6.07, 6.45) is 6.00. The molecule has 0 spiro atoms. The van der Waals surface area contributed by atoms with Crippen molar-refractivity contribution in [3.05, 3.63) is 65.4 Å². The van der Waals surface area contributed by atoms with E-state index in [9.17, 15) is 4.79 Å². The largest absolute Gasteiger partial charge is 0.494 e. The second-order valence-electron chi connectivity index (χ2n) is 9.27. The van der Waals surface area contributed by atoms with Gasteiger partial charge in [0.2, 0.25) is 0 Å².